The summed E-state index contributed by atoms with van der Waals surface area (Å²) in [5.41, 5.74) is 0. The second-order valence-electron chi connectivity index (χ2n) is 2.46. The predicted molar refractivity (Wildman–Crippen MR) is 58.4 cm³/mol. The number of rotatable bonds is 8. The molecular formula is C8H16Br2O2. The Hall–Kier alpha value is 0.880. The molecule has 4 heteroatoms. The zero-order valence-corrected chi connectivity index (χ0v) is 10.6. The molecule has 0 bridgehead atoms. The highest BCUT2D eigenvalue weighted by Gasteiger charge is 1.99. The lowest BCUT2D eigenvalue weighted by Gasteiger charge is -2.10. The van der Waals surface area contributed by atoms with Crippen molar-refractivity contribution in [2.45, 2.75) is 19.4 Å². The van der Waals surface area contributed by atoms with Gasteiger partial charge in [0.25, 0.3) is 0 Å². The predicted octanol–water partition coefficient (Wildman–Crippen LogP) is 2.59. The fourth-order valence-electron chi connectivity index (χ4n) is 0.702. The van der Waals surface area contributed by atoms with Gasteiger partial charge in [-0.3, -0.25) is 0 Å². The van der Waals surface area contributed by atoms with Crippen molar-refractivity contribution in [3.63, 3.8) is 0 Å². The minimum absolute atomic E-state index is 0.331. The Bertz CT molecular complexity index is 91.1. The van der Waals surface area contributed by atoms with Gasteiger partial charge in [-0.15, -0.1) is 0 Å². The first-order chi connectivity index (χ1) is 5.81. The van der Waals surface area contributed by atoms with E-state index < -0.39 is 0 Å². The molecule has 0 aromatic heterocycles. The van der Waals surface area contributed by atoms with E-state index >= 15 is 0 Å². The Balaban J connectivity index is 2.97. The lowest BCUT2D eigenvalue weighted by Crippen LogP contribution is -2.13. The van der Waals surface area contributed by atoms with E-state index in [-0.39, 0.29) is 0 Å². The van der Waals surface area contributed by atoms with Crippen LogP contribution in [0.1, 0.15) is 13.3 Å². The fraction of sp³-hybridized carbons (Fsp3) is 1.00. The third-order valence-electron chi connectivity index (χ3n) is 1.37. The Morgan fingerprint density at radius 2 is 1.83 bits per heavy atom. The molecule has 0 aliphatic rings. The van der Waals surface area contributed by atoms with Gasteiger partial charge >= 0.3 is 0 Å². The average Bonchev–Trinajstić information content (AvgIpc) is 2.05. The number of hydrogen-bond acceptors (Lipinski definition) is 2. The standard InChI is InChI=1S/C8H16Br2O2/c1-8(2-3-9)12-7-6-11-5-4-10/h8H,2-7H2,1H3. The molecule has 0 aliphatic carbocycles. The second-order valence-corrected chi connectivity index (χ2v) is 4.05. The van der Waals surface area contributed by atoms with Gasteiger partial charge in [-0.2, -0.15) is 0 Å². The molecule has 2 nitrogen and oxygen atoms in total. The van der Waals surface area contributed by atoms with Crippen molar-refractivity contribution in [2.24, 2.45) is 0 Å². The maximum atomic E-state index is 5.46. The minimum atomic E-state index is 0.331. The third kappa shape index (κ3) is 8.97. The van der Waals surface area contributed by atoms with Crippen molar-refractivity contribution in [3.8, 4) is 0 Å². The SMILES string of the molecule is CC(CCBr)OCCOCCBr. The topological polar surface area (TPSA) is 18.5 Å². The Kier molecular flexibility index (Phi) is 10.7. The van der Waals surface area contributed by atoms with Crippen LogP contribution in [-0.4, -0.2) is 36.6 Å². The number of halogens is 2. The Morgan fingerprint density at radius 3 is 2.42 bits per heavy atom. The molecule has 0 fully saturated rings. The fourth-order valence-corrected chi connectivity index (χ4v) is 1.58. The van der Waals surface area contributed by atoms with Gasteiger partial charge in [-0.05, 0) is 13.3 Å². The van der Waals surface area contributed by atoms with Gasteiger partial charge in [0.15, 0.2) is 0 Å². The third-order valence-corrected chi connectivity index (χ3v) is 2.15. The molecule has 0 saturated heterocycles. The molecule has 1 atom stereocenters. The molecule has 0 spiro atoms. The Labute approximate surface area is 91.3 Å². The van der Waals surface area contributed by atoms with E-state index in [2.05, 4.69) is 38.8 Å². The number of ether oxygens (including phenoxy) is 2. The normalized spacial score (nSPS) is 13.2. The average molecular weight is 304 g/mol. The summed E-state index contributed by atoms with van der Waals surface area (Å²) < 4.78 is 10.7. The van der Waals surface area contributed by atoms with E-state index in [0.29, 0.717) is 19.3 Å². The summed E-state index contributed by atoms with van der Waals surface area (Å²) in [6.07, 6.45) is 1.38. The quantitative estimate of drug-likeness (QED) is 0.507. The van der Waals surface area contributed by atoms with Crippen molar-refractivity contribution in [1.29, 1.82) is 0 Å². The van der Waals surface area contributed by atoms with Crippen molar-refractivity contribution in [2.75, 3.05) is 30.5 Å². The molecule has 0 saturated carbocycles. The largest absolute Gasteiger partial charge is 0.378 e. The van der Waals surface area contributed by atoms with Crippen molar-refractivity contribution < 1.29 is 9.47 Å². The molecule has 1 unspecified atom stereocenters. The Morgan fingerprint density at radius 1 is 1.08 bits per heavy atom. The van der Waals surface area contributed by atoms with Gasteiger partial charge in [0, 0.05) is 10.7 Å². The minimum Gasteiger partial charge on any atom is -0.378 e. The van der Waals surface area contributed by atoms with Gasteiger partial charge < -0.3 is 9.47 Å². The van der Waals surface area contributed by atoms with Crippen LogP contribution in [0.3, 0.4) is 0 Å². The van der Waals surface area contributed by atoms with Crippen LogP contribution in [0.5, 0.6) is 0 Å². The second kappa shape index (κ2) is 9.96. The summed E-state index contributed by atoms with van der Waals surface area (Å²) in [5, 5.41) is 1.89. The first-order valence-corrected chi connectivity index (χ1v) is 6.36. The van der Waals surface area contributed by atoms with E-state index in [1.807, 2.05) is 0 Å². The van der Waals surface area contributed by atoms with E-state index in [4.69, 9.17) is 9.47 Å². The highest BCUT2D eigenvalue weighted by Crippen LogP contribution is 1.99. The van der Waals surface area contributed by atoms with Crippen LogP contribution in [0.25, 0.3) is 0 Å². The van der Waals surface area contributed by atoms with Gasteiger partial charge in [0.1, 0.15) is 0 Å². The molecule has 0 aromatic carbocycles. The zero-order valence-electron chi connectivity index (χ0n) is 7.39. The summed E-state index contributed by atoms with van der Waals surface area (Å²) in [4.78, 5) is 0. The molecule has 0 aliphatic heterocycles. The summed E-state index contributed by atoms with van der Waals surface area (Å²) in [6.45, 7) is 4.22. The first kappa shape index (κ1) is 12.9. The molecule has 0 aromatic rings. The van der Waals surface area contributed by atoms with Crippen LogP contribution in [0.15, 0.2) is 0 Å². The molecule has 0 N–H and O–H groups in total. The van der Waals surface area contributed by atoms with Gasteiger partial charge in [-0.25, -0.2) is 0 Å². The molecule has 74 valence electrons. The van der Waals surface area contributed by atoms with E-state index in [1.165, 1.54) is 0 Å². The zero-order chi connectivity index (χ0) is 9.23. The van der Waals surface area contributed by atoms with Crippen LogP contribution in [0.4, 0.5) is 0 Å². The maximum absolute atomic E-state index is 5.46. The smallest absolute Gasteiger partial charge is 0.0704 e. The number of hydrogen-bond donors (Lipinski definition) is 0. The molecule has 0 radical (unpaired) electrons. The number of alkyl halides is 2. The lowest BCUT2D eigenvalue weighted by molar-refractivity contribution is 0.0155. The van der Waals surface area contributed by atoms with Crippen LogP contribution in [0.2, 0.25) is 0 Å². The van der Waals surface area contributed by atoms with Gasteiger partial charge in [-0.1, -0.05) is 31.9 Å². The van der Waals surface area contributed by atoms with E-state index in [1.54, 1.807) is 0 Å². The van der Waals surface area contributed by atoms with E-state index in [9.17, 15) is 0 Å². The monoisotopic (exact) mass is 302 g/mol. The first-order valence-electron chi connectivity index (χ1n) is 4.12. The van der Waals surface area contributed by atoms with Gasteiger partial charge in [0.2, 0.25) is 0 Å². The van der Waals surface area contributed by atoms with Crippen molar-refractivity contribution in [1.82, 2.24) is 0 Å². The summed E-state index contributed by atoms with van der Waals surface area (Å²) >= 11 is 6.65. The van der Waals surface area contributed by atoms with Crippen molar-refractivity contribution >= 4 is 31.9 Å². The molecule has 0 rings (SSSR count). The van der Waals surface area contributed by atoms with Crippen molar-refractivity contribution in [3.05, 3.63) is 0 Å². The van der Waals surface area contributed by atoms with Crippen LogP contribution < -0.4 is 0 Å². The molecular weight excluding hydrogens is 288 g/mol. The summed E-state index contributed by atoms with van der Waals surface area (Å²) in [5.74, 6) is 0. The van der Waals surface area contributed by atoms with Crippen LogP contribution >= 0.6 is 31.9 Å². The summed E-state index contributed by atoms with van der Waals surface area (Å²) in [7, 11) is 0. The molecule has 0 amide bonds. The highest BCUT2D eigenvalue weighted by molar-refractivity contribution is 9.09. The van der Waals surface area contributed by atoms with E-state index in [0.717, 1.165) is 23.7 Å². The highest BCUT2D eigenvalue weighted by atomic mass is 79.9. The van der Waals surface area contributed by atoms with Gasteiger partial charge in [0.05, 0.1) is 25.9 Å². The lowest BCUT2D eigenvalue weighted by atomic mass is 10.3. The van der Waals surface area contributed by atoms with Crippen LogP contribution in [0, 0.1) is 0 Å². The molecule has 12 heavy (non-hydrogen) atoms. The summed E-state index contributed by atoms with van der Waals surface area (Å²) in [6, 6.07) is 0. The maximum Gasteiger partial charge on any atom is 0.0704 e. The molecule has 0 heterocycles. The van der Waals surface area contributed by atoms with Crippen LogP contribution in [-0.2, 0) is 9.47 Å².